The number of hydrogen-bond donors (Lipinski definition) is 1. The van der Waals surface area contributed by atoms with Crippen LogP contribution in [-0.4, -0.2) is 10.1 Å². The second kappa shape index (κ2) is 3.20. The Labute approximate surface area is 88.5 Å². The number of nitrogens with zero attached hydrogens (tertiary/aromatic N) is 1. The van der Waals surface area contributed by atoms with Gasteiger partial charge < -0.3 is 5.11 Å². The molecule has 0 atom stereocenters. The predicted octanol–water partition coefficient (Wildman–Crippen LogP) is 3.15. The van der Waals surface area contributed by atoms with E-state index in [-0.39, 0.29) is 5.75 Å². The number of fused-ring (bicyclic) bond motifs is 1. The van der Waals surface area contributed by atoms with Crippen molar-refractivity contribution in [3.8, 4) is 5.75 Å². The summed E-state index contributed by atoms with van der Waals surface area (Å²) in [6.07, 6.45) is 1.31. The highest BCUT2D eigenvalue weighted by Gasteiger charge is 2.09. The highest BCUT2D eigenvalue weighted by atomic mass is 79.9. The molecule has 72 valence electrons. The lowest BCUT2D eigenvalue weighted by molar-refractivity contribution is 0.473. The molecule has 0 unspecified atom stereocenters. The average Bonchev–Trinajstić information content (AvgIpc) is 2.14. The standard InChI is InChI=1S/C10H7BrFNO/c1-5-2-8(11)9(12)7-3-6(14)4-13-10(5)7/h2-4,14H,1H3. The fraction of sp³-hybridized carbons (Fsp3) is 0.100. The smallest absolute Gasteiger partial charge is 0.146 e. The molecule has 0 aliphatic rings. The van der Waals surface area contributed by atoms with Gasteiger partial charge in [0, 0.05) is 5.39 Å². The lowest BCUT2D eigenvalue weighted by Crippen LogP contribution is -1.88. The van der Waals surface area contributed by atoms with Gasteiger partial charge in [-0.1, -0.05) is 0 Å². The van der Waals surface area contributed by atoms with E-state index in [1.165, 1.54) is 12.3 Å². The molecule has 1 aromatic carbocycles. The highest BCUT2D eigenvalue weighted by Crippen LogP contribution is 2.28. The van der Waals surface area contributed by atoms with Crippen LogP contribution in [0.2, 0.25) is 0 Å². The Morgan fingerprint density at radius 2 is 2.14 bits per heavy atom. The molecule has 4 heteroatoms. The molecule has 1 aromatic heterocycles. The van der Waals surface area contributed by atoms with Gasteiger partial charge in [0.15, 0.2) is 0 Å². The van der Waals surface area contributed by atoms with E-state index in [1.807, 2.05) is 6.92 Å². The van der Waals surface area contributed by atoms with Crippen LogP contribution in [0.25, 0.3) is 10.9 Å². The minimum absolute atomic E-state index is 0.0334. The third-order valence-electron chi connectivity index (χ3n) is 2.04. The molecule has 0 spiro atoms. The number of benzene rings is 1. The summed E-state index contributed by atoms with van der Waals surface area (Å²) < 4.78 is 13.9. The number of hydrogen-bond acceptors (Lipinski definition) is 2. The van der Waals surface area contributed by atoms with E-state index >= 15 is 0 Å². The summed E-state index contributed by atoms with van der Waals surface area (Å²) in [5.74, 6) is -0.428. The van der Waals surface area contributed by atoms with Crippen molar-refractivity contribution in [3.63, 3.8) is 0 Å². The summed E-state index contributed by atoms with van der Waals surface area (Å²) in [5.41, 5.74) is 1.44. The fourth-order valence-corrected chi connectivity index (χ4v) is 1.94. The number of aromatic hydroxyl groups is 1. The second-order valence-corrected chi connectivity index (χ2v) is 3.93. The first-order valence-corrected chi connectivity index (χ1v) is 4.82. The minimum Gasteiger partial charge on any atom is -0.506 e. The molecule has 0 aliphatic carbocycles. The van der Waals surface area contributed by atoms with Crippen LogP contribution in [0.4, 0.5) is 4.39 Å². The summed E-state index contributed by atoms with van der Waals surface area (Å²) in [6.45, 7) is 1.84. The van der Waals surface area contributed by atoms with Crippen molar-refractivity contribution in [2.24, 2.45) is 0 Å². The summed E-state index contributed by atoms with van der Waals surface area (Å²) in [6, 6.07) is 3.04. The van der Waals surface area contributed by atoms with Crippen LogP contribution < -0.4 is 0 Å². The lowest BCUT2D eigenvalue weighted by Gasteiger charge is -2.04. The van der Waals surface area contributed by atoms with E-state index in [1.54, 1.807) is 6.07 Å². The third-order valence-corrected chi connectivity index (χ3v) is 2.61. The van der Waals surface area contributed by atoms with Gasteiger partial charge in [-0.15, -0.1) is 0 Å². The first-order chi connectivity index (χ1) is 6.59. The highest BCUT2D eigenvalue weighted by molar-refractivity contribution is 9.10. The maximum Gasteiger partial charge on any atom is 0.146 e. The topological polar surface area (TPSA) is 33.1 Å². The average molecular weight is 256 g/mol. The van der Waals surface area contributed by atoms with Crippen molar-refractivity contribution in [2.45, 2.75) is 6.92 Å². The molecular formula is C10H7BrFNO. The van der Waals surface area contributed by atoms with E-state index in [0.717, 1.165) is 5.56 Å². The van der Waals surface area contributed by atoms with E-state index in [9.17, 15) is 9.50 Å². The van der Waals surface area contributed by atoms with E-state index in [2.05, 4.69) is 20.9 Å². The first-order valence-electron chi connectivity index (χ1n) is 4.03. The molecule has 0 aliphatic heterocycles. The number of halogens is 2. The molecule has 0 fully saturated rings. The molecule has 2 rings (SSSR count). The Morgan fingerprint density at radius 3 is 2.86 bits per heavy atom. The number of aryl methyl sites for hydroxylation is 1. The van der Waals surface area contributed by atoms with Gasteiger partial charge in [-0.05, 0) is 40.5 Å². The van der Waals surface area contributed by atoms with Crippen molar-refractivity contribution in [1.82, 2.24) is 4.98 Å². The monoisotopic (exact) mass is 255 g/mol. The number of pyridine rings is 1. The van der Waals surface area contributed by atoms with Crippen LogP contribution in [-0.2, 0) is 0 Å². The van der Waals surface area contributed by atoms with Crippen molar-refractivity contribution in [3.05, 3.63) is 34.2 Å². The van der Waals surface area contributed by atoms with Crippen molar-refractivity contribution >= 4 is 26.8 Å². The summed E-state index contributed by atoms with van der Waals surface area (Å²) in [7, 11) is 0. The Morgan fingerprint density at radius 1 is 1.43 bits per heavy atom. The molecule has 0 bridgehead atoms. The molecular weight excluding hydrogens is 249 g/mol. The van der Waals surface area contributed by atoms with Crippen LogP contribution >= 0.6 is 15.9 Å². The van der Waals surface area contributed by atoms with Gasteiger partial charge in [0.25, 0.3) is 0 Å². The van der Waals surface area contributed by atoms with Gasteiger partial charge in [0.05, 0.1) is 16.2 Å². The van der Waals surface area contributed by atoms with Crippen LogP contribution in [0.3, 0.4) is 0 Å². The fourth-order valence-electron chi connectivity index (χ4n) is 1.39. The second-order valence-electron chi connectivity index (χ2n) is 3.08. The van der Waals surface area contributed by atoms with Gasteiger partial charge in [0.1, 0.15) is 11.6 Å². The van der Waals surface area contributed by atoms with Crippen LogP contribution in [0.5, 0.6) is 5.75 Å². The molecule has 0 saturated heterocycles. The van der Waals surface area contributed by atoms with E-state index in [0.29, 0.717) is 15.4 Å². The zero-order valence-electron chi connectivity index (χ0n) is 7.38. The van der Waals surface area contributed by atoms with Crippen LogP contribution in [0, 0.1) is 12.7 Å². The Bertz CT molecular complexity index is 513. The number of rotatable bonds is 0. The van der Waals surface area contributed by atoms with Gasteiger partial charge in [-0.25, -0.2) is 4.39 Å². The van der Waals surface area contributed by atoms with Crippen molar-refractivity contribution in [2.75, 3.05) is 0 Å². The first kappa shape index (κ1) is 9.40. The maximum absolute atomic E-state index is 13.6. The molecule has 0 radical (unpaired) electrons. The summed E-state index contributed by atoms with van der Waals surface area (Å²) in [5, 5.41) is 9.52. The Balaban J connectivity index is 2.95. The SMILES string of the molecule is Cc1cc(Br)c(F)c2cc(O)cnc12. The van der Waals surface area contributed by atoms with Crippen LogP contribution in [0.1, 0.15) is 5.56 Å². The minimum atomic E-state index is -0.394. The zero-order chi connectivity index (χ0) is 10.3. The number of aromatic nitrogens is 1. The molecule has 0 saturated carbocycles. The lowest BCUT2D eigenvalue weighted by atomic mass is 10.1. The molecule has 14 heavy (non-hydrogen) atoms. The molecule has 0 amide bonds. The van der Waals surface area contributed by atoms with E-state index in [4.69, 9.17) is 0 Å². The summed E-state index contributed by atoms with van der Waals surface area (Å²) >= 11 is 3.11. The largest absolute Gasteiger partial charge is 0.506 e. The maximum atomic E-state index is 13.6. The molecule has 1 N–H and O–H groups in total. The third kappa shape index (κ3) is 1.35. The quantitative estimate of drug-likeness (QED) is 0.785. The normalized spacial score (nSPS) is 10.8. The zero-order valence-corrected chi connectivity index (χ0v) is 8.97. The van der Waals surface area contributed by atoms with E-state index < -0.39 is 5.82 Å². The summed E-state index contributed by atoms with van der Waals surface area (Å²) in [4.78, 5) is 3.97. The predicted molar refractivity (Wildman–Crippen MR) is 55.8 cm³/mol. The molecule has 1 heterocycles. The van der Waals surface area contributed by atoms with Gasteiger partial charge in [-0.3, -0.25) is 4.98 Å². The Kier molecular flexibility index (Phi) is 2.15. The van der Waals surface area contributed by atoms with Crippen LogP contribution in [0.15, 0.2) is 22.8 Å². The van der Waals surface area contributed by atoms with Gasteiger partial charge in [-0.2, -0.15) is 0 Å². The van der Waals surface area contributed by atoms with Gasteiger partial charge in [0.2, 0.25) is 0 Å². The molecule has 2 nitrogen and oxygen atoms in total. The molecule has 2 aromatic rings. The van der Waals surface area contributed by atoms with Crippen molar-refractivity contribution in [1.29, 1.82) is 0 Å². The van der Waals surface area contributed by atoms with Gasteiger partial charge >= 0.3 is 0 Å². The Hall–Kier alpha value is -1.16. The van der Waals surface area contributed by atoms with Crippen molar-refractivity contribution < 1.29 is 9.50 Å².